The number of carbonyl (C=O) groups excluding carboxylic acids is 1. The fraction of sp³-hybridized carbons (Fsp3) is 0.500. The second-order valence-electron chi connectivity index (χ2n) is 6.96. The third-order valence-electron chi connectivity index (χ3n) is 5.33. The summed E-state index contributed by atoms with van der Waals surface area (Å²) in [7, 11) is 0. The van der Waals surface area contributed by atoms with Crippen LogP contribution in [0.25, 0.3) is 10.9 Å². The number of benzene rings is 1. The van der Waals surface area contributed by atoms with E-state index < -0.39 is 0 Å². The highest BCUT2D eigenvalue weighted by atomic mass is 16.2. The number of para-hydroxylation sites is 1. The molecule has 1 aromatic carbocycles. The van der Waals surface area contributed by atoms with Gasteiger partial charge < -0.3 is 9.88 Å². The molecule has 0 bridgehead atoms. The maximum atomic E-state index is 12.5. The van der Waals surface area contributed by atoms with Crippen LogP contribution in [0.5, 0.6) is 0 Å². The van der Waals surface area contributed by atoms with E-state index in [2.05, 4.69) is 48.0 Å². The summed E-state index contributed by atoms with van der Waals surface area (Å²) in [6.07, 6.45) is 3.88. The number of nitrogens with one attached hydrogen (secondary N) is 1. The Kier molecular flexibility index (Phi) is 2.69. The molecule has 3 heterocycles. The van der Waals surface area contributed by atoms with E-state index in [4.69, 9.17) is 0 Å². The summed E-state index contributed by atoms with van der Waals surface area (Å²) in [5.41, 5.74) is 3.74. The molecular formula is C18H22N2O. The number of amides is 1. The molecule has 1 N–H and O–H groups in total. The van der Waals surface area contributed by atoms with E-state index in [0.717, 1.165) is 25.8 Å². The zero-order valence-corrected chi connectivity index (χ0v) is 12.8. The van der Waals surface area contributed by atoms with Crippen LogP contribution >= 0.6 is 0 Å². The standard InChI is InChI=1S/C18H22N2O/c1-12-10-16(21)20-9-5-7-14-13-6-3-4-8-15(13)19-17(14)18(20,2)11-12/h3-4,6,8,12,19H,5,7,9-11H2,1-2H3/t12-,18-/m1/s1. The van der Waals surface area contributed by atoms with Crippen LogP contribution < -0.4 is 0 Å². The molecule has 2 aliphatic rings. The number of piperidine rings is 1. The third-order valence-corrected chi connectivity index (χ3v) is 5.33. The topological polar surface area (TPSA) is 36.1 Å². The third kappa shape index (κ3) is 1.76. The van der Waals surface area contributed by atoms with Gasteiger partial charge in [0.25, 0.3) is 0 Å². The van der Waals surface area contributed by atoms with E-state index in [9.17, 15) is 4.79 Å². The molecule has 0 radical (unpaired) electrons. The van der Waals surface area contributed by atoms with Gasteiger partial charge in [-0.3, -0.25) is 4.79 Å². The van der Waals surface area contributed by atoms with Crippen LogP contribution in [0.3, 0.4) is 0 Å². The lowest BCUT2D eigenvalue weighted by Crippen LogP contribution is -2.52. The lowest BCUT2D eigenvalue weighted by molar-refractivity contribution is -0.144. The fourth-order valence-electron chi connectivity index (χ4n) is 4.49. The van der Waals surface area contributed by atoms with Crippen LogP contribution in [-0.2, 0) is 16.8 Å². The van der Waals surface area contributed by atoms with Crippen molar-refractivity contribution < 1.29 is 4.79 Å². The summed E-state index contributed by atoms with van der Waals surface area (Å²) < 4.78 is 0. The van der Waals surface area contributed by atoms with Gasteiger partial charge in [0.15, 0.2) is 0 Å². The average Bonchev–Trinajstić information content (AvgIpc) is 2.74. The minimum Gasteiger partial charge on any atom is -0.356 e. The summed E-state index contributed by atoms with van der Waals surface area (Å²) >= 11 is 0. The van der Waals surface area contributed by atoms with Crippen LogP contribution in [0.1, 0.15) is 44.4 Å². The van der Waals surface area contributed by atoms with Crippen LogP contribution in [0.15, 0.2) is 24.3 Å². The normalized spacial score (nSPS) is 29.1. The number of aryl methyl sites for hydroxylation is 1. The molecule has 1 amide bonds. The Morgan fingerprint density at radius 1 is 1.33 bits per heavy atom. The van der Waals surface area contributed by atoms with Gasteiger partial charge in [0.1, 0.15) is 0 Å². The van der Waals surface area contributed by atoms with Crippen LogP contribution in [0, 0.1) is 5.92 Å². The van der Waals surface area contributed by atoms with Crippen molar-refractivity contribution in [2.75, 3.05) is 6.54 Å². The largest absolute Gasteiger partial charge is 0.356 e. The second-order valence-corrected chi connectivity index (χ2v) is 6.96. The first-order valence-corrected chi connectivity index (χ1v) is 8.00. The van der Waals surface area contributed by atoms with Gasteiger partial charge in [-0.15, -0.1) is 0 Å². The van der Waals surface area contributed by atoms with E-state index in [-0.39, 0.29) is 5.54 Å². The van der Waals surface area contributed by atoms with Crippen LogP contribution in [0.2, 0.25) is 0 Å². The Balaban J connectivity index is 1.96. The molecular weight excluding hydrogens is 260 g/mol. The van der Waals surface area contributed by atoms with Gasteiger partial charge in [0, 0.05) is 29.6 Å². The van der Waals surface area contributed by atoms with Crippen molar-refractivity contribution in [3.63, 3.8) is 0 Å². The first kappa shape index (κ1) is 12.9. The Morgan fingerprint density at radius 2 is 2.14 bits per heavy atom. The molecule has 2 aromatic rings. The Hall–Kier alpha value is -1.77. The molecule has 1 fully saturated rings. The molecule has 3 nitrogen and oxygen atoms in total. The predicted octanol–water partition coefficient (Wildman–Crippen LogP) is 3.59. The van der Waals surface area contributed by atoms with Crippen molar-refractivity contribution in [3.05, 3.63) is 35.5 Å². The molecule has 3 heteroatoms. The highest BCUT2D eigenvalue weighted by molar-refractivity contribution is 5.86. The van der Waals surface area contributed by atoms with Gasteiger partial charge in [-0.1, -0.05) is 25.1 Å². The number of hydrogen-bond acceptors (Lipinski definition) is 1. The van der Waals surface area contributed by atoms with Crippen molar-refractivity contribution in [1.82, 2.24) is 9.88 Å². The average molecular weight is 282 g/mol. The first-order valence-electron chi connectivity index (χ1n) is 8.00. The fourth-order valence-corrected chi connectivity index (χ4v) is 4.49. The van der Waals surface area contributed by atoms with E-state index in [1.54, 1.807) is 0 Å². The molecule has 4 rings (SSSR count). The summed E-state index contributed by atoms with van der Waals surface area (Å²) in [5.74, 6) is 0.777. The highest BCUT2D eigenvalue weighted by Crippen LogP contribution is 2.45. The number of aromatic amines is 1. The summed E-state index contributed by atoms with van der Waals surface area (Å²) in [6, 6.07) is 8.53. The quantitative estimate of drug-likeness (QED) is 0.787. The van der Waals surface area contributed by atoms with Crippen molar-refractivity contribution in [3.8, 4) is 0 Å². The van der Waals surface area contributed by atoms with Gasteiger partial charge in [-0.25, -0.2) is 0 Å². The van der Waals surface area contributed by atoms with Crippen molar-refractivity contribution in [2.24, 2.45) is 5.92 Å². The van der Waals surface area contributed by atoms with Crippen molar-refractivity contribution >= 4 is 16.8 Å². The van der Waals surface area contributed by atoms with Gasteiger partial charge in [-0.05, 0) is 43.7 Å². The van der Waals surface area contributed by atoms with Gasteiger partial charge in [-0.2, -0.15) is 0 Å². The Bertz CT molecular complexity index is 717. The first-order chi connectivity index (χ1) is 10.1. The van der Waals surface area contributed by atoms with Crippen LogP contribution in [-0.4, -0.2) is 22.3 Å². The van der Waals surface area contributed by atoms with E-state index in [0.29, 0.717) is 18.2 Å². The molecule has 21 heavy (non-hydrogen) atoms. The van der Waals surface area contributed by atoms with E-state index >= 15 is 0 Å². The van der Waals surface area contributed by atoms with E-state index in [1.807, 2.05) is 0 Å². The monoisotopic (exact) mass is 282 g/mol. The zero-order chi connectivity index (χ0) is 14.6. The van der Waals surface area contributed by atoms with Crippen molar-refractivity contribution in [1.29, 1.82) is 0 Å². The molecule has 0 aliphatic carbocycles. The van der Waals surface area contributed by atoms with E-state index in [1.165, 1.54) is 22.2 Å². The number of carbonyl (C=O) groups is 1. The SMILES string of the molecule is C[C@@H]1CC(=O)N2CCCc3c([nH]c4ccccc34)[C@@]2(C)C1. The van der Waals surface area contributed by atoms with Crippen molar-refractivity contribution in [2.45, 2.75) is 45.1 Å². The smallest absolute Gasteiger partial charge is 0.223 e. The summed E-state index contributed by atoms with van der Waals surface area (Å²) in [5, 5.41) is 1.33. The molecule has 0 unspecified atom stereocenters. The zero-order valence-electron chi connectivity index (χ0n) is 12.8. The highest BCUT2D eigenvalue weighted by Gasteiger charge is 2.45. The predicted molar refractivity (Wildman–Crippen MR) is 84.1 cm³/mol. The minimum absolute atomic E-state index is 0.167. The molecule has 2 aliphatic heterocycles. The molecule has 1 aromatic heterocycles. The molecule has 0 saturated carbocycles. The van der Waals surface area contributed by atoms with Gasteiger partial charge in [0.2, 0.25) is 5.91 Å². The maximum Gasteiger partial charge on any atom is 0.223 e. The number of hydrogen-bond donors (Lipinski definition) is 1. The molecule has 2 atom stereocenters. The number of nitrogens with zero attached hydrogens (tertiary/aromatic N) is 1. The number of H-pyrrole nitrogens is 1. The van der Waals surface area contributed by atoms with Gasteiger partial charge >= 0.3 is 0 Å². The van der Waals surface area contributed by atoms with Gasteiger partial charge in [0.05, 0.1) is 5.54 Å². The summed E-state index contributed by atoms with van der Waals surface area (Å²) in [6.45, 7) is 5.34. The number of fused-ring (bicyclic) bond motifs is 5. The Labute approximate surface area is 125 Å². The lowest BCUT2D eigenvalue weighted by atomic mass is 9.79. The maximum absolute atomic E-state index is 12.5. The summed E-state index contributed by atoms with van der Waals surface area (Å²) in [4.78, 5) is 18.3. The second kappa shape index (κ2) is 4.36. The lowest BCUT2D eigenvalue weighted by Gasteiger charge is -2.46. The molecule has 110 valence electrons. The number of aromatic nitrogens is 1. The minimum atomic E-state index is -0.167. The molecule has 1 saturated heterocycles. The molecule has 0 spiro atoms. The van der Waals surface area contributed by atoms with Crippen LogP contribution in [0.4, 0.5) is 0 Å². The Morgan fingerprint density at radius 3 is 3.00 bits per heavy atom. The number of rotatable bonds is 0.